The van der Waals surface area contributed by atoms with Crippen molar-refractivity contribution in [3.05, 3.63) is 29.8 Å². The Morgan fingerprint density at radius 2 is 1.86 bits per heavy atom. The van der Waals surface area contributed by atoms with Crippen LogP contribution >= 0.6 is 0 Å². The molecule has 112 valence electrons. The summed E-state index contributed by atoms with van der Waals surface area (Å²) in [6.07, 6.45) is 4.21. The normalized spacial score (nSPS) is 22.3. The fourth-order valence-electron chi connectivity index (χ4n) is 3.69. The van der Waals surface area contributed by atoms with Crippen molar-refractivity contribution in [1.29, 1.82) is 0 Å². The molecular weight excluding hydrogens is 264 g/mol. The number of imide groups is 1. The molecule has 1 aliphatic carbocycles. The predicted octanol–water partition coefficient (Wildman–Crippen LogP) is 2.79. The van der Waals surface area contributed by atoms with Crippen molar-refractivity contribution in [2.45, 2.75) is 45.1 Å². The van der Waals surface area contributed by atoms with Crippen LogP contribution in [0.5, 0.6) is 0 Å². The van der Waals surface area contributed by atoms with E-state index in [0.29, 0.717) is 6.42 Å². The van der Waals surface area contributed by atoms with E-state index >= 15 is 0 Å². The Hall–Kier alpha value is -1.68. The molecule has 1 aromatic rings. The van der Waals surface area contributed by atoms with Crippen LogP contribution in [0.15, 0.2) is 24.3 Å². The van der Waals surface area contributed by atoms with E-state index in [1.807, 2.05) is 38.2 Å². The number of carbonyl (C=O) groups is 2. The number of hydrogen-bond acceptors (Lipinski definition) is 3. The summed E-state index contributed by atoms with van der Waals surface area (Å²) in [6.45, 7) is 2.04. The van der Waals surface area contributed by atoms with E-state index < -0.39 is 5.41 Å². The van der Waals surface area contributed by atoms with Crippen molar-refractivity contribution >= 4 is 17.5 Å². The van der Waals surface area contributed by atoms with Crippen LogP contribution in [-0.2, 0) is 9.59 Å². The fourth-order valence-corrected chi connectivity index (χ4v) is 3.69. The number of amides is 2. The van der Waals surface area contributed by atoms with Crippen LogP contribution in [0.4, 0.5) is 5.69 Å². The van der Waals surface area contributed by atoms with E-state index in [0.717, 1.165) is 36.9 Å². The number of carbonyl (C=O) groups excluding carboxylic acids is 2. The maximum absolute atomic E-state index is 12.9. The Morgan fingerprint density at radius 3 is 2.52 bits per heavy atom. The second-order valence-corrected chi connectivity index (χ2v) is 6.27. The molecule has 1 saturated heterocycles. The smallest absolute Gasteiger partial charge is 0.240 e. The van der Waals surface area contributed by atoms with E-state index in [2.05, 4.69) is 5.32 Å². The van der Waals surface area contributed by atoms with Gasteiger partial charge in [0, 0.05) is 12.5 Å². The lowest BCUT2D eigenvalue weighted by atomic mass is 9.84. The summed E-state index contributed by atoms with van der Waals surface area (Å²) >= 11 is 0. The summed E-state index contributed by atoms with van der Waals surface area (Å²) < 4.78 is 0. The van der Waals surface area contributed by atoms with Crippen LogP contribution in [0.25, 0.3) is 0 Å². The molecular formula is C17H22N2O2. The molecule has 1 aromatic carbocycles. The van der Waals surface area contributed by atoms with Crippen molar-refractivity contribution in [3.8, 4) is 0 Å². The molecule has 1 saturated carbocycles. The average molecular weight is 286 g/mol. The summed E-state index contributed by atoms with van der Waals surface area (Å²) in [7, 11) is 1.88. The first-order chi connectivity index (χ1) is 10.1. The first-order valence-corrected chi connectivity index (χ1v) is 7.73. The van der Waals surface area contributed by atoms with Crippen molar-refractivity contribution in [2.24, 2.45) is 5.41 Å². The monoisotopic (exact) mass is 286 g/mol. The summed E-state index contributed by atoms with van der Waals surface area (Å²) in [6, 6.07) is 7.80. The molecule has 1 N–H and O–H groups in total. The van der Waals surface area contributed by atoms with Gasteiger partial charge in [-0.15, -0.1) is 0 Å². The second kappa shape index (κ2) is 5.26. The molecule has 1 unspecified atom stereocenters. The molecule has 0 bridgehead atoms. The number of para-hydroxylation sites is 1. The number of hydrogen-bond donors (Lipinski definition) is 1. The molecule has 1 atom stereocenters. The van der Waals surface area contributed by atoms with Crippen LogP contribution in [0, 0.1) is 5.41 Å². The maximum Gasteiger partial charge on any atom is 0.240 e. The highest BCUT2D eigenvalue weighted by Crippen LogP contribution is 2.48. The number of nitrogens with zero attached hydrogens (tertiary/aromatic N) is 1. The zero-order valence-electron chi connectivity index (χ0n) is 12.7. The zero-order chi connectivity index (χ0) is 15.0. The molecule has 3 rings (SSSR count). The Balaban J connectivity index is 2.01. The van der Waals surface area contributed by atoms with Gasteiger partial charge in [-0.25, -0.2) is 4.90 Å². The minimum Gasteiger partial charge on any atom is -0.313 e. The van der Waals surface area contributed by atoms with Gasteiger partial charge in [-0.05, 0) is 38.4 Å². The van der Waals surface area contributed by atoms with Crippen LogP contribution in [0.1, 0.15) is 50.6 Å². The first-order valence-electron chi connectivity index (χ1n) is 7.73. The molecule has 1 aliphatic heterocycles. The molecule has 0 radical (unpaired) electrons. The van der Waals surface area contributed by atoms with Gasteiger partial charge in [0.25, 0.3) is 0 Å². The number of anilines is 1. The van der Waals surface area contributed by atoms with E-state index in [4.69, 9.17) is 0 Å². The number of rotatable bonds is 3. The SMILES string of the molecule is CNC(C)c1ccccc1N1C(=O)CC2(CCCC2)C1=O. The van der Waals surface area contributed by atoms with Crippen LogP contribution in [0.3, 0.4) is 0 Å². The third-order valence-corrected chi connectivity index (χ3v) is 5.03. The van der Waals surface area contributed by atoms with Crippen molar-refractivity contribution in [3.63, 3.8) is 0 Å². The largest absolute Gasteiger partial charge is 0.313 e. The van der Waals surface area contributed by atoms with E-state index in [1.54, 1.807) is 0 Å². The van der Waals surface area contributed by atoms with Crippen molar-refractivity contribution < 1.29 is 9.59 Å². The Bertz CT molecular complexity index is 576. The summed E-state index contributed by atoms with van der Waals surface area (Å²) in [4.78, 5) is 26.8. The van der Waals surface area contributed by atoms with Gasteiger partial charge in [0.15, 0.2) is 0 Å². The van der Waals surface area contributed by atoms with Gasteiger partial charge in [-0.2, -0.15) is 0 Å². The summed E-state index contributed by atoms with van der Waals surface area (Å²) in [5.74, 6) is -0.0293. The predicted molar refractivity (Wildman–Crippen MR) is 81.9 cm³/mol. The van der Waals surface area contributed by atoms with Crippen LogP contribution in [0.2, 0.25) is 0 Å². The van der Waals surface area contributed by atoms with E-state index in [9.17, 15) is 9.59 Å². The molecule has 1 heterocycles. The first kappa shape index (κ1) is 14.3. The third kappa shape index (κ3) is 2.18. The minimum absolute atomic E-state index is 0.0146. The highest BCUT2D eigenvalue weighted by molar-refractivity contribution is 6.23. The van der Waals surface area contributed by atoms with Gasteiger partial charge in [-0.1, -0.05) is 31.0 Å². The van der Waals surface area contributed by atoms with Gasteiger partial charge >= 0.3 is 0 Å². The molecule has 2 fully saturated rings. The minimum atomic E-state index is -0.410. The maximum atomic E-state index is 12.9. The molecule has 4 nitrogen and oxygen atoms in total. The Labute approximate surface area is 125 Å². The summed E-state index contributed by atoms with van der Waals surface area (Å²) in [5, 5.41) is 3.19. The van der Waals surface area contributed by atoms with Gasteiger partial charge in [-0.3, -0.25) is 9.59 Å². The lowest BCUT2D eigenvalue weighted by Gasteiger charge is -2.24. The third-order valence-electron chi connectivity index (χ3n) is 5.03. The van der Waals surface area contributed by atoms with Gasteiger partial charge in [0.1, 0.15) is 0 Å². The Morgan fingerprint density at radius 1 is 1.19 bits per heavy atom. The zero-order valence-corrected chi connectivity index (χ0v) is 12.7. The number of nitrogens with one attached hydrogen (secondary N) is 1. The molecule has 0 aromatic heterocycles. The second-order valence-electron chi connectivity index (χ2n) is 6.27. The van der Waals surface area contributed by atoms with E-state index in [-0.39, 0.29) is 17.9 Å². The molecule has 21 heavy (non-hydrogen) atoms. The van der Waals surface area contributed by atoms with E-state index in [1.165, 1.54) is 4.90 Å². The standard InChI is InChI=1S/C17H22N2O2/c1-12(18-2)13-7-3-4-8-14(13)19-15(20)11-17(16(19)21)9-5-6-10-17/h3-4,7-8,12,18H,5-6,9-11H2,1-2H3. The highest BCUT2D eigenvalue weighted by Gasteiger charge is 2.53. The van der Waals surface area contributed by atoms with Crippen LogP contribution < -0.4 is 10.2 Å². The number of benzene rings is 1. The van der Waals surface area contributed by atoms with Gasteiger partial charge < -0.3 is 5.32 Å². The quantitative estimate of drug-likeness (QED) is 0.869. The topological polar surface area (TPSA) is 49.4 Å². The average Bonchev–Trinajstić information content (AvgIpc) is 3.05. The molecule has 1 spiro atoms. The summed E-state index contributed by atoms with van der Waals surface area (Å²) in [5.41, 5.74) is 1.34. The molecule has 2 amide bonds. The lowest BCUT2D eigenvalue weighted by Crippen LogP contribution is -2.35. The van der Waals surface area contributed by atoms with Gasteiger partial charge in [0.2, 0.25) is 11.8 Å². The molecule has 4 heteroatoms. The Kier molecular flexibility index (Phi) is 3.57. The van der Waals surface area contributed by atoms with Crippen molar-refractivity contribution in [1.82, 2.24) is 5.32 Å². The molecule has 2 aliphatic rings. The van der Waals surface area contributed by atoms with Crippen LogP contribution in [-0.4, -0.2) is 18.9 Å². The highest BCUT2D eigenvalue weighted by atomic mass is 16.2. The lowest BCUT2D eigenvalue weighted by molar-refractivity contribution is -0.125. The van der Waals surface area contributed by atoms with Gasteiger partial charge in [0.05, 0.1) is 11.1 Å². The fraction of sp³-hybridized carbons (Fsp3) is 0.529. The van der Waals surface area contributed by atoms with Crippen molar-refractivity contribution in [2.75, 3.05) is 11.9 Å².